The van der Waals surface area contributed by atoms with Crippen LogP contribution in [0.4, 0.5) is 0 Å². The summed E-state index contributed by atoms with van der Waals surface area (Å²) in [6, 6.07) is 8.61. The SMILES string of the molecule is CCOC(=O)C1CCN(C(=NC)NCC2(c3cccc(Br)c3)CC2)CC1.I. The average Bonchev–Trinajstić information content (AvgIpc) is 3.44. The number of rotatable bonds is 5. The van der Waals surface area contributed by atoms with E-state index in [2.05, 4.69) is 55.4 Å². The van der Waals surface area contributed by atoms with Gasteiger partial charge in [-0.25, -0.2) is 0 Å². The maximum absolute atomic E-state index is 11.9. The molecule has 1 saturated heterocycles. The van der Waals surface area contributed by atoms with Gasteiger partial charge in [-0.3, -0.25) is 9.79 Å². The molecule has 7 heteroatoms. The Morgan fingerprint density at radius 2 is 2.07 bits per heavy atom. The molecular formula is C20H29BrIN3O2. The molecule has 0 bridgehead atoms. The van der Waals surface area contributed by atoms with E-state index in [1.807, 2.05) is 14.0 Å². The quantitative estimate of drug-likeness (QED) is 0.261. The number of esters is 1. The first-order chi connectivity index (χ1) is 12.6. The highest BCUT2D eigenvalue weighted by atomic mass is 127. The number of hydrogen-bond donors (Lipinski definition) is 1. The molecule has 0 unspecified atom stereocenters. The Balaban J connectivity index is 0.00000261. The summed E-state index contributed by atoms with van der Waals surface area (Å²) >= 11 is 3.58. The molecule has 1 aromatic carbocycles. The number of nitrogens with one attached hydrogen (secondary N) is 1. The molecule has 1 heterocycles. The minimum atomic E-state index is -0.0540. The number of halogens is 2. The smallest absolute Gasteiger partial charge is 0.309 e. The number of ether oxygens (including phenoxy) is 1. The van der Waals surface area contributed by atoms with Gasteiger partial charge in [0.15, 0.2) is 5.96 Å². The summed E-state index contributed by atoms with van der Waals surface area (Å²) in [6.07, 6.45) is 4.07. The van der Waals surface area contributed by atoms with Gasteiger partial charge in [0.2, 0.25) is 0 Å². The van der Waals surface area contributed by atoms with Crippen LogP contribution in [0.5, 0.6) is 0 Å². The van der Waals surface area contributed by atoms with Crippen LogP contribution in [0.1, 0.15) is 38.2 Å². The van der Waals surface area contributed by atoms with E-state index in [4.69, 9.17) is 4.74 Å². The molecule has 1 saturated carbocycles. The van der Waals surface area contributed by atoms with Crippen LogP contribution in [0.2, 0.25) is 0 Å². The van der Waals surface area contributed by atoms with Crippen LogP contribution < -0.4 is 5.32 Å². The van der Waals surface area contributed by atoms with E-state index in [9.17, 15) is 4.79 Å². The molecule has 0 atom stereocenters. The van der Waals surface area contributed by atoms with Crippen molar-refractivity contribution in [3.63, 3.8) is 0 Å². The molecule has 150 valence electrons. The van der Waals surface area contributed by atoms with Gasteiger partial charge in [-0.2, -0.15) is 0 Å². The first-order valence-electron chi connectivity index (χ1n) is 9.46. The molecule has 5 nitrogen and oxygen atoms in total. The van der Waals surface area contributed by atoms with Crippen molar-refractivity contribution >= 4 is 51.8 Å². The zero-order chi connectivity index (χ0) is 18.6. The van der Waals surface area contributed by atoms with Crippen molar-refractivity contribution in [1.82, 2.24) is 10.2 Å². The van der Waals surface area contributed by atoms with Crippen molar-refractivity contribution in [3.8, 4) is 0 Å². The number of carbonyl (C=O) groups is 1. The van der Waals surface area contributed by atoms with Crippen molar-refractivity contribution in [2.45, 2.75) is 38.0 Å². The molecule has 27 heavy (non-hydrogen) atoms. The third kappa shape index (κ3) is 5.59. The Bertz CT molecular complexity index is 671. The second-order valence-electron chi connectivity index (χ2n) is 7.20. The Kier molecular flexibility index (Phi) is 8.39. The van der Waals surface area contributed by atoms with Crippen LogP contribution in [0.25, 0.3) is 0 Å². The summed E-state index contributed by atoms with van der Waals surface area (Å²) < 4.78 is 6.29. The largest absolute Gasteiger partial charge is 0.466 e. The van der Waals surface area contributed by atoms with Gasteiger partial charge in [-0.05, 0) is 50.3 Å². The van der Waals surface area contributed by atoms with E-state index in [-0.39, 0.29) is 41.3 Å². The summed E-state index contributed by atoms with van der Waals surface area (Å²) in [5.74, 6) is 0.913. The summed E-state index contributed by atoms with van der Waals surface area (Å²) in [5.41, 5.74) is 1.61. The van der Waals surface area contributed by atoms with Gasteiger partial charge in [0.25, 0.3) is 0 Å². The molecule has 0 aromatic heterocycles. The Labute approximate surface area is 187 Å². The molecule has 3 rings (SSSR count). The van der Waals surface area contributed by atoms with Gasteiger partial charge in [-0.1, -0.05) is 28.1 Å². The normalized spacial score (nSPS) is 19.2. The number of guanidine groups is 1. The lowest BCUT2D eigenvalue weighted by Crippen LogP contribution is -2.48. The minimum absolute atomic E-state index is 0. The van der Waals surface area contributed by atoms with Gasteiger partial charge in [-0.15, -0.1) is 24.0 Å². The number of hydrogen-bond acceptors (Lipinski definition) is 3. The standard InChI is InChI=1S/C20H28BrN3O2.HI/c1-3-26-18(25)15-7-11-24(12-8-15)19(22-2)23-14-20(9-10-20)16-5-4-6-17(21)13-16;/h4-6,13,15H,3,7-12,14H2,1-2H3,(H,22,23);1H. The molecule has 0 spiro atoms. The van der Waals surface area contributed by atoms with E-state index in [1.54, 1.807) is 0 Å². The Hall–Kier alpha value is -0.830. The van der Waals surface area contributed by atoms with Gasteiger partial charge in [0.1, 0.15) is 0 Å². The van der Waals surface area contributed by atoms with Crippen LogP contribution in [0, 0.1) is 5.92 Å². The summed E-state index contributed by atoms with van der Waals surface area (Å²) in [7, 11) is 1.83. The minimum Gasteiger partial charge on any atom is -0.466 e. The van der Waals surface area contributed by atoms with E-state index < -0.39 is 0 Å². The predicted molar refractivity (Wildman–Crippen MR) is 123 cm³/mol. The molecule has 0 radical (unpaired) electrons. The lowest BCUT2D eigenvalue weighted by molar-refractivity contribution is -0.149. The number of piperidine rings is 1. The number of benzene rings is 1. The predicted octanol–water partition coefficient (Wildman–Crippen LogP) is 3.95. The molecule has 1 N–H and O–H groups in total. The third-order valence-electron chi connectivity index (χ3n) is 5.50. The van der Waals surface area contributed by atoms with E-state index in [0.717, 1.165) is 42.9 Å². The highest BCUT2D eigenvalue weighted by molar-refractivity contribution is 14.0. The Morgan fingerprint density at radius 1 is 1.37 bits per heavy atom. The van der Waals surface area contributed by atoms with Crippen molar-refractivity contribution in [2.24, 2.45) is 10.9 Å². The second-order valence-corrected chi connectivity index (χ2v) is 8.12. The van der Waals surface area contributed by atoms with E-state index >= 15 is 0 Å². The van der Waals surface area contributed by atoms with Crippen molar-refractivity contribution in [2.75, 3.05) is 33.3 Å². The molecule has 2 aliphatic rings. The maximum Gasteiger partial charge on any atom is 0.309 e. The number of aliphatic imine (C=N–C) groups is 1. The monoisotopic (exact) mass is 549 g/mol. The Morgan fingerprint density at radius 3 is 2.63 bits per heavy atom. The molecule has 1 aliphatic heterocycles. The van der Waals surface area contributed by atoms with Crippen molar-refractivity contribution in [3.05, 3.63) is 34.3 Å². The molecule has 1 aromatic rings. The fourth-order valence-electron chi connectivity index (χ4n) is 3.70. The fourth-order valence-corrected chi connectivity index (χ4v) is 4.10. The summed E-state index contributed by atoms with van der Waals surface area (Å²) in [4.78, 5) is 18.6. The van der Waals surface area contributed by atoms with Crippen molar-refractivity contribution in [1.29, 1.82) is 0 Å². The van der Waals surface area contributed by atoms with Crippen LogP contribution in [-0.4, -0.2) is 50.1 Å². The third-order valence-corrected chi connectivity index (χ3v) is 5.99. The lowest BCUT2D eigenvalue weighted by Gasteiger charge is -2.34. The first kappa shape index (κ1) is 22.5. The van der Waals surface area contributed by atoms with E-state index in [0.29, 0.717) is 6.61 Å². The lowest BCUT2D eigenvalue weighted by atomic mass is 9.96. The van der Waals surface area contributed by atoms with Gasteiger partial charge in [0, 0.05) is 36.6 Å². The molecule has 1 aliphatic carbocycles. The second kappa shape index (κ2) is 10.1. The van der Waals surface area contributed by atoms with E-state index in [1.165, 1.54) is 18.4 Å². The molecular weight excluding hydrogens is 521 g/mol. The molecule has 0 amide bonds. The number of carbonyl (C=O) groups excluding carboxylic acids is 1. The summed E-state index contributed by atoms with van der Waals surface area (Å²) in [6.45, 7) is 4.89. The zero-order valence-corrected chi connectivity index (χ0v) is 20.0. The summed E-state index contributed by atoms with van der Waals surface area (Å²) in [5, 5.41) is 3.57. The average molecular weight is 550 g/mol. The van der Waals surface area contributed by atoms with Crippen LogP contribution in [0.15, 0.2) is 33.7 Å². The van der Waals surface area contributed by atoms with Gasteiger partial charge in [0.05, 0.1) is 12.5 Å². The highest BCUT2D eigenvalue weighted by Crippen LogP contribution is 2.48. The van der Waals surface area contributed by atoms with Crippen molar-refractivity contribution < 1.29 is 9.53 Å². The number of likely N-dealkylation sites (tertiary alicyclic amines) is 1. The van der Waals surface area contributed by atoms with Crippen LogP contribution in [0.3, 0.4) is 0 Å². The van der Waals surface area contributed by atoms with Crippen LogP contribution in [-0.2, 0) is 14.9 Å². The topological polar surface area (TPSA) is 53.9 Å². The maximum atomic E-state index is 11.9. The highest BCUT2D eigenvalue weighted by Gasteiger charge is 2.44. The fraction of sp³-hybridized carbons (Fsp3) is 0.600. The van der Waals surface area contributed by atoms with Gasteiger partial charge < -0.3 is 15.0 Å². The zero-order valence-electron chi connectivity index (χ0n) is 16.0. The molecule has 2 fully saturated rings. The number of nitrogens with zero attached hydrogens (tertiary/aromatic N) is 2. The van der Waals surface area contributed by atoms with Crippen LogP contribution >= 0.6 is 39.9 Å². The first-order valence-corrected chi connectivity index (χ1v) is 10.3. The van der Waals surface area contributed by atoms with Gasteiger partial charge >= 0.3 is 5.97 Å².